The number of unbranched alkanes of at least 4 members (excludes halogenated alkanes) is 1. The predicted molar refractivity (Wildman–Crippen MR) is 197 cm³/mol. The zero-order valence-corrected chi connectivity index (χ0v) is 31.0. The summed E-state index contributed by atoms with van der Waals surface area (Å²) in [6.45, 7) is 5.77. The number of hydrogen-bond acceptors (Lipinski definition) is 8. The van der Waals surface area contributed by atoms with Gasteiger partial charge in [0.15, 0.2) is 5.60 Å². The van der Waals surface area contributed by atoms with Crippen LogP contribution < -0.4 is 10.2 Å². The highest BCUT2D eigenvalue weighted by Gasteiger charge is 2.66. The molecular formula is C39H46FN5O6Si. The van der Waals surface area contributed by atoms with Crippen LogP contribution in [0.1, 0.15) is 65.7 Å². The summed E-state index contributed by atoms with van der Waals surface area (Å²) in [5.41, 5.74) is 1.73. The Labute approximate surface area is 304 Å². The van der Waals surface area contributed by atoms with Crippen LogP contribution in [0.3, 0.4) is 0 Å². The number of amides is 2. The number of nitrogens with zero attached hydrogens (tertiary/aromatic N) is 4. The molecule has 4 aromatic rings. The number of rotatable bonds is 14. The molecule has 3 heterocycles. The number of carbonyl (C=O) groups excluding carboxylic acids is 3. The van der Waals surface area contributed by atoms with Gasteiger partial charge in [-0.3, -0.25) is 19.1 Å². The Bertz CT molecular complexity index is 1890. The monoisotopic (exact) mass is 727 g/mol. The number of hydrogen-bond donors (Lipinski definition) is 2. The molecular weight excluding hydrogens is 682 g/mol. The smallest absolute Gasteiger partial charge is 0.305 e. The molecule has 2 amide bonds. The lowest BCUT2D eigenvalue weighted by Crippen LogP contribution is -2.45. The molecule has 1 saturated heterocycles. The van der Waals surface area contributed by atoms with Gasteiger partial charge >= 0.3 is 5.97 Å². The Hall–Kier alpha value is -4.72. The molecule has 0 bridgehead atoms. The fourth-order valence-electron chi connectivity index (χ4n) is 7.95. The molecule has 0 aliphatic carbocycles. The highest BCUT2D eigenvalue weighted by Crippen LogP contribution is 2.60. The first-order valence-corrected chi connectivity index (χ1v) is 20.8. The van der Waals surface area contributed by atoms with Gasteiger partial charge in [-0.1, -0.05) is 60.7 Å². The molecule has 1 spiro atoms. The normalized spacial score (nSPS) is 21.7. The quantitative estimate of drug-likeness (QED) is 0.0678. The average Bonchev–Trinajstić information content (AvgIpc) is 3.80. The van der Waals surface area contributed by atoms with Crippen molar-refractivity contribution in [2.75, 3.05) is 30.5 Å². The van der Waals surface area contributed by atoms with Crippen molar-refractivity contribution in [1.82, 2.24) is 15.0 Å². The molecule has 13 heteroatoms. The van der Waals surface area contributed by atoms with Crippen LogP contribution in [0.25, 0.3) is 0 Å². The van der Waals surface area contributed by atoms with Crippen LogP contribution in [0.2, 0.25) is 18.6 Å². The van der Waals surface area contributed by atoms with Crippen molar-refractivity contribution in [3.63, 3.8) is 0 Å². The van der Waals surface area contributed by atoms with E-state index in [1.807, 2.05) is 43.3 Å². The SMILES string of the molecule is COC(=O)CCCCN1C(=O)[C@@]2(O[C@@H](CCn3cc(C(CO)c4ccccc4)nn3)[C@H]([Si](C)(C)F)[C@H]2C)c2cc(NC(=O)c3ccccc3)ccc21. The second-order valence-corrected chi connectivity index (χ2v) is 17.9. The maximum absolute atomic E-state index is 16.5. The number of benzene rings is 3. The van der Waals surface area contributed by atoms with Crippen molar-refractivity contribution in [3.05, 3.63) is 107 Å². The van der Waals surface area contributed by atoms with Gasteiger partial charge in [-0.05, 0) is 68.3 Å². The number of methoxy groups -OCH3 is 1. The lowest BCUT2D eigenvalue weighted by atomic mass is 9.82. The van der Waals surface area contributed by atoms with E-state index in [1.54, 1.807) is 71.3 Å². The van der Waals surface area contributed by atoms with E-state index in [0.29, 0.717) is 60.5 Å². The van der Waals surface area contributed by atoms with Gasteiger partial charge in [0.25, 0.3) is 11.8 Å². The molecule has 1 unspecified atom stereocenters. The summed E-state index contributed by atoms with van der Waals surface area (Å²) in [5, 5.41) is 21.8. The average molecular weight is 728 g/mol. The molecule has 274 valence electrons. The third-order valence-corrected chi connectivity index (χ3v) is 12.9. The number of esters is 1. The van der Waals surface area contributed by atoms with E-state index >= 15 is 4.11 Å². The van der Waals surface area contributed by atoms with Crippen molar-refractivity contribution in [3.8, 4) is 0 Å². The number of ether oxygens (including phenoxy) is 2. The van der Waals surface area contributed by atoms with Gasteiger partial charge in [0.1, 0.15) is 0 Å². The molecule has 5 atom stereocenters. The summed E-state index contributed by atoms with van der Waals surface area (Å²) in [4.78, 5) is 41.3. The summed E-state index contributed by atoms with van der Waals surface area (Å²) in [5.74, 6) is -1.76. The first kappa shape index (κ1) is 37.0. The van der Waals surface area contributed by atoms with Gasteiger partial charge in [-0.25, -0.2) is 0 Å². The fraction of sp³-hybridized carbons (Fsp3) is 0.410. The van der Waals surface area contributed by atoms with Crippen LogP contribution >= 0.6 is 0 Å². The van der Waals surface area contributed by atoms with E-state index < -0.39 is 31.6 Å². The van der Waals surface area contributed by atoms with E-state index in [1.165, 1.54) is 7.11 Å². The Kier molecular flexibility index (Phi) is 11.0. The van der Waals surface area contributed by atoms with Crippen LogP contribution in [0.15, 0.2) is 85.1 Å². The first-order valence-electron chi connectivity index (χ1n) is 17.8. The van der Waals surface area contributed by atoms with Crippen molar-refractivity contribution in [2.24, 2.45) is 5.92 Å². The van der Waals surface area contributed by atoms with Gasteiger partial charge in [0.05, 0.1) is 37.1 Å². The molecule has 11 nitrogen and oxygen atoms in total. The number of aliphatic hydroxyl groups is 1. The minimum atomic E-state index is -3.44. The molecule has 0 radical (unpaired) electrons. The molecule has 1 aromatic heterocycles. The number of halogens is 1. The standard InChI is InChI=1S/C39H46FN5O6Si/c1-26-36(52(3,4)40)34(20-22-44-24-32(42-43-44)30(25-46)27-13-7-5-8-14-27)51-39(26)31-23-29(41-37(48)28-15-9-6-10-16-28)18-19-33(31)45(38(39)49)21-12-11-17-35(47)50-2/h5-10,13-16,18-19,23-24,26,30,34,36,46H,11-12,17,20-22,25H2,1-4H3,(H,41,48)/t26-,30?,34+,36-,39+/m1/s1. The maximum Gasteiger partial charge on any atom is 0.305 e. The van der Waals surface area contributed by atoms with Crippen LogP contribution in [-0.2, 0) is 31.2 Å². The lowest BCUT2D eigenvalue weighted by molar-refractivity contribution is -0.146. The summed E-state index contributed by atoms with van der Waals surface area (Å²) in [6.07, 6.45) is 2.85. The minimum absolute atomic E-state index is 0.132. The number of aryl methyl sites for hydroxylation is 1. The molecule has 2 aliphatic rings. The molecule has 1 fully saturated rings. The summed E-state index contributed by atoms with van der Waals surface area (Å²) in [6, 6.07) is 23.8. The topological polar surface area (TPSA) is 136 Å². The third kappa shape index (κ3) is 7.30. The fourth-order valence-corrected chi connectivity index (χ4v) is 10.5. The van der Waals surface area contributed by atoms with Gasteiger partial charge < -0.3 is 28.9 Å². The zero-order chi connectivity index (χ0) is 37.0. The van der Waals surface area contributed by atoms with Crippen molar-refractivity contribution in [1.29, 1.82) is 0 Å². The van der Waals surface area contributed by atoms with Crippen molar-refractivity contribution < 1.29 is 33.1 Å². The van der Waals surface area contributed by atoms with Crippen molar-refractivity contribution in [2.45, 2.75) is 75.4 Å². The Morgan fingerprint density at radius 1 is 1.06 bits per heavy atom. The van der Waals surface area contributed by atoms with E-state index in [2.05, 4.69) is 15.6 Å². The van der Waals surface area contributed by atoms with Crippen LogP contribution in [0, 0.1) is 5.92 Å². The third-order valence-electron chi connectivity index (χ3n) is 10.4. The number of anilines is 2. The predicted octanol–water partition coefficient (Wildman–Crippen LogP) is 6.21. The minimum Gasteiger partial charge on any atom is -0.469 e. The number of aromatic nitrogens is 3. The van der Waals surface area contributed by atoms with Crippen LogP contribution in [-0.4, -0.2) is 72.7 Å². The van der Waals surface area contributed by atoms with Gasteiger partial charge in [-0.15, -0.1) is 5.10 Å². The molecule has 52 heavy (non-hydrogen) atoms. The van der Waals surface area contributed by atoms with Gasteiger partial charge in [0.2, 0.25) is 8.41 Å². The zero-order valence-electron chi connectivity index (χ0n) is 30.0. The van der Waals surface area contributed by atoms with E-state index in [-0.39, 0.29) is 36.7 Å². The number of fused-ring (bicyclic) bond motifs is 2. The lowest BCUT2D eigenvalue weighted by Gasteiger charge is -2.31. The number of nitrogens with one attached hydrogen (secondary N) is 1. The maximum atomic E-state index is 16.5. The highest BCUT2D eigenvalue weighted by molar-refractivity contribution is 6.72. The summed E-state index contributed by atoms with van der Waals surface area (Å²) in [7, 11) is -2.10. The number of carbonyl (C=O) groups is 3. The van der Waals surface area contributed by atoms with Gasteiger partial charge in [0, 0.05) is 54.0 Å². The van der Waals surface area contributed by atoms with E-state index in [0.717, 1.165) is 5.56 Å². The van der Waals surface area contributed by atoms with Crippen LogP contribution in [0.5, 0.6) is 0 Å². The molecule has 2 N–H and O–H groups in total. The second-order valence-electron chi connectivity index (χ2n) is 14.2. The Morgan fingerprint density at radius 3 is 2.44 bits per heavy atom. The summed E-state index contributed by atoms with van der Waals surface area (Å²) >= 11 is 0. The van der Waals surface area contributed by atoms with Gasteiger partial charge in [-0.2, -0.15) is 0 Å². The van der Waals surface area contributed by atoms with Crippen LogP contribution in [0.4, 0.5) is 15.5 Å². The van der Waals surface area contributed by atoms with E-state index in [9.17, 15) is 19.5 Å². The first-order chi connectivity index (χ1) is 25.0. The molecule has 3 aromatic carbocycles. The summed E-state index contributed by atoms with van der Waals surface area (Å²) < 4.78 is 29.9. The number of aliphatic hydroxyl groups excluding tert-OH is 1. The van der Waals surface area contributed by atoms with E-state index in [4.69, 9.17) is 9.47 Å². The second kappa shape index (κ2) is 15.5. The molecule has 6 rings (SSSR count). The Balaban J connectivity index is 1.30. The highest BCUT2D eigenvalue weighted by atomic mass is 28.4. The molecule has 2 aliphatic heterocycles. The van der Waals surface area contributed by atoms with Crippen molar-refractivity contribution >= 4 is 37.6 Å². The largest absolute Gasteiger partial charge is 0.469 e. The Morgan fingerprint density at radius 2 is 1.77 bits per heavy atom. The molecule has 0 saturated carbocycles.